The van der Waals surface area contributed by atoms with Crippen molar-refractivity contribution >= 4 is 0 Å². The zero-order valence-corrected chi connectivity index (χ0v) is 7.70. The molecule has 2 nitrogen and oxygen atoms in total. The molecule has 0 aliphatic rings. The fourth-order valence-electron chi connectivity index (χ4n) is 1.11. The van der Waals surface area contributed by atoms with Crippen molar-refractivity contribution in [1.29, 1.82) is 10.5 Å². The predicted molar refractivity (Wildman–Crippen MR) is 50.0 cm³/mol. The molecular weight excluding hydrogens is 160 g/mol. The Bertz CT molecular complexity index is 392. The first kappa shape index (κ1) is 9.29. The molecule has 0 amide bonds. The third-order valence-electron chi connectivity index (χ3n) is 1.95. The van der Waals surface area contributed by atoms with Gasteiger partial charge in [-0.25, -0.2) is 0 Å². The van der Waals surface area contributed by atoms with Crippen LogP contribution in [0.1, 0.15) is 36.5 Å². The van der Waals surface area contributed by atoms with E-state index >= 15 is 0 Å². The van der Waals surface area contributed by atoms with E-state index in [-0.39, 0.29) is 0 Å². The maximum absolute atomic E-state index is 8.75. The third kappa shape index (κ3) is 1.86. The Hall–Kier alpha value is -1.80. The largest absolute Gasteiger partial charge is 0.192 e. The Morgan fingerprint density at radius 2 is 1.69 bits per heavy atom. The van der Waals surface area contributed by atoms with Gasteiger partial charge in [-0.15, -0.1) is 0 Å². The first-order valence-electron chi connectivity index (χ1n) is 4.13. The molecule has 0 aromatic heterocycles. The summed E-state index contributed by atoms with van der Waals surface area (Å²) in [6, 6.07) is 9.39. The molecule has 0 spiro atoms. The van der Waals surface area contributed by atoms with Crippen molar-refractivity contribution in [3.8, 4) is 12.1 Å². The van der Waals surface area contributed by atoms with E-state index in [1.807, 2.05) is 18.2 Å². The molecule has 0 saturated carbocycles. The molecule has 0 fully saturated rings. The maximum Gasteiger partial charge on any atom is 0.101 e. The number of hydrogen-bond donors (Lipinski definition) is 0. The van der Waals surface area contributed by atoms with Crippen LogP contribution in [-0.4, -0.2) is 0 Å². The SMILES string of the molecule is CC(C)c1ccc(C#N)c(C#N)c1. The van der Waals surface area contributed by atoms with Gasteiger partial charge in [0.25, 0.3) is 0 Å². The highest BCUT2D eigenvalue weighted by molar-refractivity contribution is 5.47. The van der Waals surface area contributed by atoms with E-state index in [0.717, 1.165) is 5.56 Å². The molecule has 2 heteroatoms. The molecular formula is C11H10N2. The monoisotopic (exact) mass is 170 g/mol. The van der Waals surface area contributed by atoms with Crippen LogP contribution in [0.15, 0.2) is 18.2 Å². The second kappa shape index (κ2) is 3.74. The van der Waals surface area contributed by atoms with E-state index in [2.05, 4.69) is 13.8 Å². The van der Waals surface area contributed by atoms with E-state index < -0.39 is 0 Å². The minimum atomic E-state index is 0.389. The van der Waals surface area contributed by atoms with E-state index in [1.54, 1.807) is 12.1 Å². The van der Waals surface area contributed by atoms with Gasteiger partial charge in [0.05, 0.1) is 11.1 Å². The van der Waals surface area contributed by atoms with Gasteiger partial charge in [0, 0.05) is 0 Å². The van der Waals surface area contributed by atoms with Gasteiger partial charge in [0.2, 0.25) is 0 Å². The second-order valence-electron chi connectivity index (χ2n) is 3.18. The Morgan fingerprint density at radius 1 is 1.08 bits per heavy atom. The lowest BCUT2D eigenvalue weighted by Gasteiger charge is -2.05. The molecule has 0 radical (unpaired) electrons. The average Bonchev–Trinajstić information content (AvgIpc) is 2.16. The van der Waals surface area contributed by atoms with Crippen LogP contribution < -0.4 is 0 Å². The molecule has 1 aromatic rings. The molecule has 0 saturated heterocycles. The molecule has 0 N–H and O–H groups in total. The predicted octanol–water partition coefficient (Wildman–Crippen LogP) is 2.55. The maximum atomic E-state index is 8.75. The van der Waals surface area contributed by atoms with Gasteiger partial charge >= 0.3 is 0 Å². The zero-order chi connectivity index (χ0) is 9.84. The highest BCUT2D eigenvalue weighted by Crippen LogP contribution is 2.17. The molecule has 0 aliphatic heterocycles. The zero-order valence-electron chi connectivity index (χ0n) is 7.70. The van der Waals surface area contributed by atoms with Crippen LogP contribution >= 0.6 is 0 Å². The van der Waals surface area contributed by atoms with Gasteiger partial charge in [0.1, 0.15) is 12.1 Å². The van der Waals surface area contributed by atoms with Crippen molar-refractivity contribution in [1.82, 2.24) is 0 Å². The Balaban J connectivity index is 3.25. The summed E-state index contributed by atoms with van der Waals surface area (Å²) in [6.45, 7) is 4.12. The van der Waals surface area contributed by atoms with Crippen molar-refractivity contribution in [2.45, 2.75) is 19.8 Å². The summed E-state index contributed by atoms with van der Waals surface area (Å²) in [4.78, 5) is 0. The second-order valence-corrected chi connectivity index (χ2v) is 3.18. The summed E-state index contributed by atoms with van der Waals surface area (Å²) in [5, 5.41) is 17.4. The molecule has 0 heterocycles. The van der Waals surface area contributed by atoms with Gasteiger partial charge < -0.3 is 0 Å². The molecule has 0 aliphatic carbocycles. The molecule has 0 atom stereocenters. The minimum Gasteiger partial charge on any atom is -0.192 e. The quantitative estimate of drug-likeness (QED) is 0.650. The highest BCUT2D eigenvalue weighted by atomic mass is 14.3. The van der Waals surface area contributed by atoms with Gasteiger partial charge in [-0.3, -0.25) is 0 Å². The summed E-state index contributed by atoms with van der Waals surface area (Å²) in [6.07, 6.45) is 0. The lowest BCUT2D eigenvalue weighted by molar-refractivity contribution is 0.866. The van der Waals surface area contributed by atoms with Gasteiger partial charge in [-0.2, -0.15) is 10.5 Å². The molecule has 13 heavy (non-hydrogen) atoms. The number of benzene rings is 1. The summed E-state index contributed by atoms with van der Waals surface area (Å²) in [7, 11) is 0. The van der Waals surface area contributed by atoms with Gasteiger partial charge in [0.15, 0.2) is 0 Å². The van der Waals surface area contributed by atoms with Crippen LogP contribution in [0.2, 0.25) is 0 Å². The smallest absolute Gasteiger partial charge is 0.101 e. The molecule has 64 valence electrons. The topological polar surface area (TPSA) is 47.6 Å². The fourth-order valence-corrected chi connectivity index (χ4v) is 1.11. The fraction of sp³-hybridized carbons (Fsp3) is 0.273. The van der Waals surface area contributed by atoms with E-state index in [0.29, 0.717) is 17.0 Å². The molecule has 1 aromatic carbocycles. The van der Waals surface area contributed by atoms with Crippen LogP contribution in [-0.2, 0) is 0 Å². The lowest BCUT2D eigenvalue weighted by atomic mass is 9.98. The summed E-state index contributed by atoms with van der Waals surface area (Å²) in [5.74, 6) is 0.389. The Kier molecular flexibility index (Phi) is 2.67. The molecule has 0 bridgehead atoms. The van der Waals surface area contributed by atoms with Gasteiger partial charge in [-0.05, 0) is 23.6 Å². The molecule has 0 unspecified atom stereocenters. The number of nitriles is 2. The van der Waals surface area contributed by atoms with Crippen molar-refractivity contribution in [2.75, 3.05) is 0 Å². The van der Waals surface area contributed by atoms with Gasteiger partial charge in [-0.1, -0.05) is 19.9 Å². The average molecular weight is 170 g/mol. The van der Waals surface area contributed by atoms with E-state index in [1.165, 1.54) is 0 Å². The summed E-state index contributed by atoms with van der Waals surface area (Å²) < 4.78 is 0. The normalized spacial score (nSPS) is 9.31. The van der Waals surface area contributed by atoms with E-state index in [4.69, 9.17) is 10.5 Å². The lowest BCUT2D eigenvalue weighted by Crippen LogP contribution is -1.90. The van der Waals surface area contributed by atoms with Crippen molar-refractivity contribution < 1.29 is 0 Å². The van der Waals surface area contributed by atoms with Crippen LogP contribution in [0.3, 0.4) is 0 Å². The van der Waals surface area contributed by atoms with Crippen molar-refractivity contribution in [3.63, 3.8) is 0 Å². The number of nitrogens with zero attached hydrogens (tertiary/aromatic N) is 2. The Morgan fingerprint density at radius 3 is 2.15 bits per heavy atom. The Labute approximate surface area is 78.0 Å². The molecule has 1 rings (SSSR count). The summed E-state index contributed by atoms with van der Waals surface area (Å²) in [5.41, 5.74) is 2.01. The highest BCUT2D eigenvalue weighted by Gasteiger charge is 2.04. The van der Waals surface area contributed by atoms with Crippen molar-refractivity contribution in [2.24, 2.45) is 0 Å². The number of hydrogen-bond acceptors (Lipinski definition) is 2. The van der Waals surface area contributed by atoms with E-state index in [9.17, 15) is 0 Å². The first-order chi connectivity index (χ1) is 6.19. The standard InChI is InChI=1S/C11H10N2/c1-8(2)9-3-4-10(6-12)11(5-9)7-13/h3-5,8H,1-2H3. The van der Waals surface area contributed by atoms with Crippen LogP contribution in [0, 0.1) is 22.7 Å². The first-order valence-corrected chi connectivity index (χ1v) is 4.13. The van der Waals surface area contributed by atoms with Crippen LogP contribution in [0.25, 0.3) is 0 Å². The summed E-state index contributed by atoms with van der Waals surface area (Å²) >= 11 is 0. The van der Waals surface area contributed by atoms with Crippen molar-refractivity contribution in [3.05, 3.63) is 34.9 Å². The van der Waals surface area contributed by atoms with Crippen LogP contribution in [0.4, 0.5) is 0 Å². The van der Waals surface area contributed by atoms with Crippen LogP contribution in [0.5, 0.6) is 0 Å². The minimum absolute atomic E-state index is 0.389. The third-order valence-corrected chi connectivity index (χ3v) is 1.95. The number of rotatable bonds is 1.